The van der Waals surface area contributed by atoms with Gasteiger partial charge in [0.25, 0.3) is 0 Å². The molecule has 3 nitrogen and oxygen atoms in total. The smallest absolute Gasteiger partial charge is 0.192 e. The molecule has 42 heavy (non-hydrogen) atoms. The highest BCUT2D eigenvalue weighted by Crippen LogP contribution is 2.44. The van der Waals surface area contributed by atoms with E-state index in [0.717, 1.165) is 29.5 Å². The topological polar surface area (TPSA) is 27.7 Å². The molecule has 0 heterocycles. The van der Waals surface area contributed by atoms with Gasteiger partial charge in [0.05, 0.1) is 25.4 Å². The summed E-state index contributed by atoms with van der Waals surface area (Å²) in [7, 11) is -1.99. The molecule has 0 saturated heterocycles. The van der Waals surface area contributed by atoms with Crippen LogP contribution in [0.5, 0.6) is 0 Å². The molecule has 0 amide bonds. The van der Waals surface area contributed by atoms with Crippen LogP contribution in [0.1, 0.15) is 55.9 Å². The fraction of sp³-hybridized carbons (Fsp3) is 0.368. The van der Waals surface area contributed by atoms with E-state index in [1.807, 2.05) is 0 Å². The summed E-state index contributed by atoms with van der Waals surface area (Å²) in [6, 6.07) is 42.4. The molecule has 0 radical (unpaired) electrons. The minimum Gasteiger partial charge on any atom is -0.411 e. The molecule has 0 aliphatic heterocycles. The molecule has 0 bridgehead atoms. The number of hydrogen-bond acceptors (Lipinski definition) is 3. The number of ether oxygens (including phenoxy) is 2. The Bertz CT molecular complexity index is 1270. The molecule has 4 aromatic carbocycles. The molecular formula is C38H46O3Si. The standard InChI is InChI=1S/C38H46O3Si/c1-37(2,3)42(4,5)41-35-27-26-31(36(35)39-28-30-18-10-6-11-19-30)29-40-38(32-20-12-7-13-21-32,33-22-14-8-15-23-33)34-24-16-9-17-25-34/h6-25,31,35-36H,26-29H2,1-5H3/t31-,35+,36+/m1/s1. The molecule has 1 fully saturated rings. The van der Waals surface area contributed by atoms with E-state index in [1.165, 1.54) is 5.56 Å². The SMILES string of the molecule is CC(C)(C)[Si](C)(C)O[C@H]1CC[C@H](COC(c2ccccc2)(c2ccccc2)c2ccccc2)[C@@H]1OCc1ccccc1. The summed E-state index contributed by atoms with van der Waals surface area (Å²) in [4.78, 5) is 0. The van der Waals surface area contributed by atoms with Crippen LogP contribution >= 0.6 is 0 Å². The summed E-state index contributed by atoms with van der Waals surface area (Å²) in [6.45, 7) is 12.7. The predicted molar refractivity (Wildman–Crippen MR) is 175 cm³/mol. The van der Waals surface area contributed by atoms with Crippen LogP contribution in [-0.4, -0.2) is 27.1 Å². The van der Waals surface area contributed by atoms with Gasteiger partial charge in [-0.25, -0.2) is 0 Å². The largest absolute Gasteiger partial charge is 0.411 e. The third-order valence-corrected chi connectivity index (χ3v) is 13.7. The van der Waals surface area contributed by atoms with Crippen molar-refractivity contribution >= 4 is 8.32 Å². The third-order valence-electron chi connectivity index (χ3n) is 9.25. The summed E-state index contributed by atoms with van der Waals surface area (Å²) >= 11 is 0. The van der Waals surface area contributed by atoms with E-state index >= 15 is 0 Å². The molecule has 5 rings (SSSR count). The number of benzene rings is 4. The van der Waals surface area contributed by atoms with Gasteiger partial charge in [-0.2, -0.15) is 0 Å². The highest BCUT2D eigenvalue weighted by atomic mass is 28.4. The maximum atomic E-state index is 7.28. The number of rotatable bonds is 11. The van der Waals surface area contributed by atoms with Gasteiger partial charge in [0.2, 0.25) is 0 Å². The van der Waals surface area contributed by atoms with Crippen LogP contribution in [0.4, 0.5) is 0 Å². The summed E-state index contributed by atoms with van der Waals surface area (Å²) in [6.07, 6.45) is 2.00. The van der Waals surface area contributed by atoms with Crippen LogP contribution in [0.3, 0.4) is 0 Å². The lowest BCUT2D eigenvalue weighted by Crippen LogP contribution is -2.47. The summed E-state index contributed by atoms with van der Waals surface area (Å²) in [5.41, 5.74) is 3.80. The summed E-state index contributed by atoms with van der Waals surface area (Å²) < 4.78 is 21.1. The van der Waals surface area contributed by atoms with Gasteiger partial charge in [0.15, 0.2) is 8.32 Å². The maximum absolute atomic E-state index is 7.28. The van der Waals surface area contributed by atoms with Gasteiger partial charge in [-0.3, -0.25) is 0 Å². The van der Waals surface area contributed by atoms with Gasteiger partial charge in [0, 0.05) is 5.92 Å². The van der Waals surface area contributed by atoms with Crippen molar-refractivity contribution in [1.82, 2.24) is 0 Å². The van der Waals surface area contributed by atoms with Crippen LogP contribution in [0.25, 0.3) is 0 Å². The van der Waals surface area contributed by atoms with Gasteiger partial charge in [0.1, 0.15) is 5.60 Å². The second-order valence-electron chi connectivity index (χ2n) is 13.1. The Morgan fingerprint density at radius 2 is 1.10 bits per heavy atom. The van der Waals surface area contributed by atoms with Crippen molar-refractivity contribution in [2.45, 2.75) is 76.2 Å². The van der Waals surface area contributed by atoms with Crippen LogP contribution in [0, 0.1) is 5.92 Å². The quantitative estimate of drug-likeness (QED) is 0.131. The van der Waals surface area contributed by atoms with E-state index in [4.69, 9.17) is 13.9 Å². The minimum absolute atomic E-state index is 0.0423. The first kappa shape index (κ1) is 30.4. The van der Waals surface area contributed by atoms with Crippen molar-refractivity contribution in [3.63, 3.8) is 0 Å². The molecule has 0 spiro atoms. The monoisotopic (exact) mass is 578 g/mol. The van der Waals surface area contributed by atoms with Crippen molar-refractivity contribution in [2.75, 3.05) is 6.61 Å². The Labute approximate surface area is 254 Å². The lowest BCUT2D eigenvalue weighted by atomic mass is 9.80. The predicted octanol–water partition coefficient (Wildman–Crippen LogP) is 9.38. The first-order chi connectivity index (χ1) is 20.2. The van der Waals surface area contributed by atoms with Crippen LogP contribution in [-0.2, 0) is 26.1 Å². The van der Waals surface area contributed by atoms with Crippen molar-refractivity contribution in [3.05, 3.63) is 144 Å². The fourth-order valence-electron chi connectivity index (χ4n) is 5.88. The van der Waals surface area contributed by atoms with E-state index in [1.54, 1.807) is 0 Å². The Kier molecular flexibility index (Phi) is 9.49. The van der Waals surface area contributed by atoms with E-state index in [-0.39, 0.29) is 23.2 Å². The molecule has 1 aliphatic rings. The van der Waals surface area contributed by atoms with Crippen LogP contribution in [0.15, 0.2) is 121 Å². The van der Waals surface area contributed by atoms with Crippen molar-refractivity contribution < 1.29 is 13.9 Å². The molecule has 3 atom stereocenters. The van der Waals surface area contributed by atoms with Gasteiger partial charge in [-0.05, 0) is 53.2 Å². The minimum atomic E-state index is -1.99. The zero-order valence-corrected chi connectivity index (χ0v) is 26.8. The lowest BCUT2D eigenvalue weighted by molar-refractivity contribution is -0.0799. The van der Waals surface area contributed by atoms with E-state index in [0.29, 0.717) is 13.2 Å². The zero-order valence-electron chi connectivity index (χ0n) is 25.8. The van der Waals surface area contributed by atoms with Crippen molar-refractivity contribution in [3.8, 4) is 0 Å². The normalized spacial score (nSPS) is 19.6. The Morgan fingerprint density at radius 3 is 1.55 bits per heavy atom. The Morgan fingerprint density at radius 1 is 0.643 bits per heavy atom. The molecule has 0 N–H and O–H groups in total. The summed E-state index contributed by atoms with van der Waals surface area (Å²) in [5.74, 6) is 0.207. The molecule has 220 valence electrons. The first-order valence-electron chi connectivity index (χ1n) is 15.3. The Balaban J connectivity index is 1.48. The molecule has 0 unspecified atom stereocenters. The van der Waals surface area contributed by atoms with Gasteiger partial charge >= 0.3 is 0 Å². The molecular weight excluding hydrogens is 533 g/mol. The lowest BCUT2D eigenvalue weighted by Gasteiger charge is -2.41. The van der Waals surface area contributed by atoms with Crippen LogP contribution < -0.4 is 0 Å². The second-order valence-corrected chi connectivity index (χ2v) is 17.9. The number of hydrogen-bond donors (Lipinski definition) is 0. The van der Waals surface area contributed by atoms with E-state index < -0.39 is 13.9 Å². The summed E-state index contributed by atoms with van der Waals surface area (Å²) in [5, 5.41) is 0.134. The van der Waals surface area contributed by atoms with E-state index in [2.05, 4.69) is 155 Å². The zero-order chi connectivity index (χ0) is 29.6. The molecule has 0 aromatic heterocycles. The Hall–Kier alpha value is -3.02. The molecule has 4 aromatic rings. The maximum Gasteiger partial charge on any atom is 0.192 e. The second kappa shape index (κ2) is 13.1. The van der Waals surface area contributed by atoms with Gasteiger partial charge in [-0.15, -0.1) is 0 Å². The van der Waals surface area contributed by atoms with Gasteiger partial charge in [-0.1, -0.05) is 142 Å². The van der Waals surface area contributed by atoms with Crippen molar-refractivity contribution in [2.24, 2.45) is 5.92 Å². The highest BCUT2D eigenvalue weighted by Gasteiger charge is 2.46. The molecule has 4 heteroatoms. The average molecular weight is 579 g/mol. The van der Waals surface area contributed by atoms with Crippen LogP contribution in [0.2, 0.25) is 18.1 Å². The van der Waals surface area contributed by atoms with E-state index in [9.17, 15) is 0 Å². The first-order valence-corrected chi connectivity index (χ1v) is 18.3. The fourth-order valence-corrected chi connectivity index (χ4v) is 7.24. The van der Waals surface area contributed by atoms with Gasteiger partial charge < -0.3 is 13.9 Å². The molecule has 1 saturated carbocycles. The highest BCUT2D eigenvalue weighted by molar-refractivity contribution is 6.74. The van der Waals surface area contributed by atoms with Crippen molar-refractivity contribution in [1.29, 1.82) is 0 Å². The average Bonchev–Trinajstić information content (AvgIpc) is 3.38. The third kappa shape index (κ3) is 6.63. The molecule has 1 aliphatic carbocycles.